The topological polar surface area (TPSA) is 54.7 Å². The second-order valence-electron chi connectivity index (χ2n) is 6.94. The van der Waals surface area contributed by atoms with Crippen LogP contribution in [0, 0.1) is 6.92 Å². The number of aryl methyl sites for hydroxylation is 1. The lowest BCUT2D eigenvalue weighted by atomic mass is 10.2. The van der Waals surface area contributed by atoms with Crippen LogP contribution in [0.1, 0.15) is 31.2 Å². The molecule has 1 aromatic carbocycles. The van der Waals surface area contributed by atoms with Crippen molar-refractivity contribution in [2.45, 2.75) is 37.5 Å². The molecule has 4 rings (SSSR count). The third-order valence-electron chi connectivity index (χ3n) is 4.97. The molecule has 0 aliphatic carbocycles. The summed E-state index contributed by atoms with van der Waals surface area (Å²) in [6.07, 6.45) is 8.05. The zero-order chi connectivity index (χ0) is 18.1. The van der Waals surface area contributed by atoms with Crippen molar-refractivity contribution in [2.24, 2.45) is 0 Å². The zero-order valence-electron chi connectivity index (χ0n) is 14.9. The predicted molar refractivity (Wildman–Crippen MR) is 103 cm³/mol. The summed E-state index contributed by atoms with van der Waals surface area (Å²) in [7, 11) is -3.41. The average molecular weight is 369 g/mol. The third kappa shape index (κ3) is 3.27. The molecule has 0 radical (unpaired) electrons. The lowest BCUT2D eigenvalue weighted by molar-refractivity contribution is 0.424. The maximum absolute atomic E-state index is 12.9. The molecule has 136 valence electrons. The van der Waals surface area contributed by atoms with E-state index in [9.17, 15) is 8.42 Å². The van der Waals surface area contributed by atoms with Crippen molar-refractivity contribution in [1.29, 1.82) is 0 Å². The van der Waals surface area contributed by atoms with Crippen LogP contribution in [0.3, 0.4) is 0 Å². The molecule has 0 spiro atoms. The van der Waals surface area contributed by atoms with Gasteiger partial charge in [-0.15, -0.1) is 0 Å². The van der Waals surface area contributed by atoms with Gasteiger partial charge in [0.2, 0.25) is 10.0 Å². The van der Waals surface area contributed by atoms with E-state index in [-0.39, 0.29) is 0 Å². The molecule has 0 amide bonds. The Morgan fingerprint density at radius 2 is 1.65 bits per heavy atom. The molecule has 0 saturated carbocycles. The number of hydrogen-bond donors (Lipinski definition) is 0. The summed E-state index contributed by atoms with van der Waals surface area (Å²) in [5.74, 6) is 0. The Bertz CT molecular complexity index is 1010. The summed E-state index contributed by atoms with van der Waals surface area (Å²) in [6, 6.07) is 11.2. The lowest BCUT2D eigenvalue weighted by Gasteiger charge is -2.19. The Labute approximate surface area is 154 Å². The molecular weight excluding hydrogens is 346 g/mol. The molecule has 0 bridgehead atoms. The van der Waals surface area contributed by atoms with Crippen LogP contribution < -0.4 is 0 Å². The Morgan fingerprint density at radius 1 is 0.962 bits per heavy atom. The maximum atomic E-state index is 12.9. The number of nitrogens with zero attached hydrogens (tertiary/aromatic N) is 3. The van der Waals surface area contributed by atoms with Gasteiger partial charge in [0.1, 0.15) is 5.65 Å². The molecule has 1 saturated heterocycles. The Balaban J connectivity index is 1.63. The van der Waals surface area contributed by atoms with Crippen molar-refractivity contribution in [3.63, 3.8) is 0 Å². The van der Waals surface area contributed by atoms with Crippen molar-refractivity contribution in [1.82, 2.24) is 13.7 Å². The molecule has 1 fully saturated rings. The number of sulfonamides is 1. The minimum absolute atomic E-state index is 0.364. The van der Waals surface area contributed by atoms with Gasteiger partial charge in [0, 0.05) is 31.0 Å². The fourth-order valence-electron chi connectivity index (χ4n) is 3.45. The molecule has 0 atom stereocenters. The fourth-order valence-corrected chi connectivity index (χ4v) is 4.97. The molecule has 6 heteroatoms. The van der Waals surface area contributed by atoms with Crippen LogP contribution in [-0.4, -0.2) is 35.2 Å². The SMILES string of the molecule is Cc1ccn2cc(-c3ccc(S(=O)(=O)N4CCCCCC4)cc3)nc2c1. The molecule has 26 heavy (non-hydrogen) atoms. The first kappa shape index (κ1) is 17.2. The average Bonchev–Trinajstić information content (AvgIpc) is 2.86. The van der Waals surface area contributed by atoms with Crippen LogP contribution in [0.25, 0.3) is 16.9 Å². The van der Waals surface area contributed by atoms with E-state index in [1.54, 1.807) is 16.4 Å². The number of pyridine rings is 1. The number of rotatable bonds is 3. The van der Waals surface area contributed by atoms with Gasteiger partial charge in [0.15, 0.2) is 0 Å². The van der Waals surface area contributed by atoms with Crippen molar-refractivity contribution in [2.75, 3.05) is 13.1 Å². The Morgan fingerprint density at radius 3 is 2.35 bits per heavy atom. The molecule has 1 aliphatic rings. The van der Waals surface area contributed by atoms with Crippen LogP contribution in [0.2, 0.25) is 0 Å². The number of benzene rings is 1. The summed E-state index contributed by atoms with van der Waals surface area (Å²) < 4.78 is 29.3. The first-order valence-electron chi connectivity index (χ1n) is 9.10. The van der Waals surface area contributed by atoms with Gasteiger partial charge in [0.05, 0.1) is 10.6 Å². The van der Waals surface area contributed by atoms with E-state index in [1.165, 1.54) is 0 Å². The molecule has 1 aliphatic heterocycles. The number of hydrogen-bond acceptors (Lipinski definition) is 3. The van der Waals surface area contributed by atoms with E-state index >= 15 is 0 Å². The fraction of sp³-hybridized carbons (Fsp3) is 0.350. The first-order valence-corrected chi connectivity index (χ1v) is 10.5. The van der Waals surface area contributed by atoms with Gasteiger partial charge in [-0.1, -0.05) is 25.0 Å². The minimum Gasteiger partial charge on any atom is -0.306 e. The van der Waals surface area contributed by atoms with E-state index in [2.05, 4.69) is 4.98 Å². The highest BCUT2D eigenvalue weighted by molar-refractivity contribution is 7.89. The second-order valence-corrected chi connectivity index (χ2v) is 8.88. The van der Waals surface area contributed by atoms with Gasteiger partial charge in [-0.3, -0.25) is 0 Å². The van der Waals surface area contributed by atoms with Crippen LogP contribution in [0.15, 0.2) is 53.7 Å². The smallest absolute Gasteiger partial charge is 0.243 e. The van der Waals surface area contributed by atoms with E-state index < -0.39 is 10.0 Å². The standard InChI is InChI=1S/C20H23N3O2S/c1-16-10-13-22-15-19(21-20(22)14-16)17-6-8-18(9-7-17)26(24,25)23-11-4-2-3-5-12-23/h6-10,13-15H,2-5,11-12H2,1H3. The van der Waals surface area contributed by atoms with Gasteiger partial charge in [-0.05, 0) is 49.6 Å². The summed E-state index contributed by atoms with van der Waals surface area (Å²) >= 11 is 0. The van der Waals surface area contributed by atoms with Gasteiger partial charge in [-0.25, -0.2) is 13.4 Å². The van der Waals surface area contributed by atoms with Gasteiger partial charge in [0.25, 0.3) is 0 Å². The first-order chi connectivity index (χ1) is 12.5. The molecule has 0 N–H and O–H groups in total. The van der Waals surface area contributed by atoms with Crippen LogP contribution >= 0.6 is 0 Å². The maximum Gasteiger partial charge on any atom is 0.243 e. The monoisotopic (exact) mass is 369 g/mol. The highest BCUT2D eigenvalue weighted by Gasteiger charge is 2.25. The van der Waals surface area contributed by atoms with Crippen LogP contribution in [0.5, 0.6) is 0 Å². The molecule has 2 aromatic heterocycles. The van der Waals surface area contributed by atoms with E-state index in [4.69, 9.17) is 0 Å². The normalized spacial score (nSPS) is 16.7. The van der Waals surface area contributed by atoms with Crippen LogP contribution in [-0.2, 0) is 10.0 Å². The summed E-state index contributed by atoms with van der Waals surface area (Å²) in [5.41, 5.74) is 3.81. The minimum atomic E-state index is -3.41. The van der Waals surface area contributed by atoms with Gasteiger partial charge in [-0.2, -0.15) is 4.31 Å². The third-order valence-corrected chi connectivity index (χ3v) is 6.88. The predicted octanol–water partition coefficient (Wildman–Crippen LogP) is 3.87. The molecule has 5 nitrogen and oxygen atoms in total. The van der Waals surface area contributed by atoms with Crippen molar-refractivity contribution < 1.29 is 8.42 Å². The highest BCUT2D eigenvalue weighted by atomic mass is 32.2. The summed E-state index contributed by atoms with van der Waals surface area (Å²) in [4.78, 5) is 5.00. The second kappa shape index (κ2) is 6.85. The number of fused-ring (bicyclic) bond motifs is 1. The number of imidazole rings is 1. The van der Waals surface area contributed by atoms with E-state index in [0.717, 1.165) is 48.2 Å². The van der Waals surface area contributed by atoms with E-state index in [0.29, 0.717) is 18.0 Å². The summed E-state index contributed by atoms with van der Waals surface area (Å²) in [5, 5.41) is 0. The van der Waals surface area contributed by atoms with Crippen LogP contribution in [0.4, 0.5) is 0 Å². The quantitative estimate of drug-likeness (QED) is 0.704. The van der Waals surface area contributed by atoms with Crippen molar-refractivity contribution in [3.8, 4) is 11.3 Å². The van der Waals surface area contributed by atoms with Gasteiger partial charge >= 0.3 is 0 Å². The molecule has 3 heterocycles. The zero-order valence-corrected chi connectivity index (χ0v) is 15.7. The Hall–Kier alpha value is -2.18. The molecular formula is C20H23N3O2S. The highest BCUT2D eigenvalue weighted by Crippen LogP contribution is 2.24. The lowest BCUT2D eigenvalue weighted by Crippen LogP contribution is -2.31. The van der Waals surface area contributed by atoms with Gasteiger partial charge < -0.3 is 4.40 Å². The molecule has 0 unspecified atom stereocenters. The van der Waals surface area contributed by atoms with Crippen molar-refractivity contribution in [3.05, 3.63) is 54.4 Å². The molecule has 3 aromatic rings. The van der Waals surface area contributed by atoms with E-state index in [1.807, 2.05) is 48.0 Å². The number of aromatic nitrogens is 2. The summed E-state index contributed by atoms with van der Waals surface area (Å²) in [6.45, 7) is 3.28. The van der Waals surface area contributed by atoms with Crippen molar-refractivity contribution >= 4 is 15.7 Å². The Kier molecular flexibility index (Phi) is 4.54. The largest absolute Gasteiger partial charge is 0.306 e.